The van der Waals surface area contributed by atoms with Gasteiger partial charge in [0.2, 0.25) is 5.91 Å². The van der Waals surface area contributed by atoms with Gasteiger partial charge in [0.05, 0.1) is 25.2 Å². The fraction of sp³-hybridized carbons (Fsp3) is 0.941. The van der Waals surface area contributed by atoms with Gasteiger partial charge in [-0.15, -0.1) is 0 Å². The van der Waals surface area contributed by atoms with E-state index in [0.29, 0.717) is 13.0 Å². The van der Waals surface area contributed by atoms with Crippen molar-refractivity contribution in [3.63, 3.8) is 0 Å². The summed E-state index contributed by atoms with van der Waals surface area (Å²) in [6.45, 7) is 5.05. The summed E-state index contributed by atoms with van der Waals surface area (Å²) in [6.07, 6.45) is 6.96. The number of rotatable bonds is 6. The molecule has 0 bridgehead atoms. The summed E-state index contributed by atoms with van der Waals surface area (Å²) < 4.78 is 11.5. The minimum Gasteiger partial charge on any atom is -0.378 e. The largest absolute Gasteiger partial charge is 0.378 e. The molecule has 0 aromatic carbocycles. The molecule has 22 heavy (non-hydrogen) atoms. The molecule has 3 rings (SSSR count). The van der Waals surface area contributed by atoms with Crippen molar-refractivity contribution in [3.05, 3.63) is 0 Å². The molecule has 126 valence electrons. The predicted octanol–water partition coefficient (Wildman–Crippen LogP) is 1.51. The highest BCUT2D eigenvalue weighted by molar-refractivity contribution is 5.76. The van der Waals surface area contributed by atoms with Crippen molar-refractivity contribution in [2.75, 3.05) is 46.4 Å². The Labute approximate surface area is 133 Å². The number of ether oxygens (including phenoxy) is 2. The average molecular weight is 310 g/mol. The fourth-order valence-electron chi connectivity index (χ4n) is 3.51. The molecule has 1 saturated carbocycles. The van der Waals surface area contributed by atoms with Crippen molar-refractivity contribution in [1.82, 2.24) is 9.80 Å². The van der Waals surface area contributed by atoms with Crippen LogP contribution in [0.2, 0.25) is 0 Å². The molecule has 0 aromatic rings. The number of morpholine rings is 1. The fourth-order valence-corrected chi connectivity index (χ4v) is 3.51. The Kier molecular flexibility index (Phi) is 5.71. The third-order valence-electron chi connectivity index (χ3n) is 4.95. The maximum absolute atomic E-state index is 12.5. The third-order valence-corrected chi connectivity index (χ3v) is 4.95. The third kappa shape index (κ3) is 4.93. The lowest BCUT2D eigenvalue weighted by Gasteiger charge is -2.35. The minimum atomic E-state index is 0.139. The van der Waals surface area contributed by atoms with E-state index in [1.165, 1.54) is 25.8 Å². The van der Waals surface area contributed by atoms with Crippen LogP contribution in [0.3, 0.4) is 0 Å². The summed E-state index contributed by atoms with van der Waals surface area (Å²) in [4.78, 5) is 16.8. The Hall–Kier alpha value is -0.650. The molecule has 1 aliphatic carbocycles. The van der Waals surface area contributed by atoms with E-state index in [1.807, 2.05) is 4.90 Å². The van der Waals surface area contributed by atoms with Gasteiger partial charge in [0, 0.05) is 32.8 Å². The van der Waals surface area contributed by atoms with Crippen LogP contribution in [0.1, 0.15) is 38.5 Å². The van der Waals surface area contributed by atoms with Crippen molar-refractivity contribution in [3.8, 4) is 0 Å². The van der Waals surface area contributed by atoms with E-state index in [9.17, 15) is 4.79 Å². The monoisotopic (exact) mass is 310 g/mol. The van der Waals surface area contributed by atoms with E-state index in [2.05, 4.69) is 11.9 Å². The first-order valence-corrected chi connectivity index (χ1v) is 8.90. The van der Waals surface area contributed by atoms with Crippen LogP contribution in [0.25, 0.3) is 0 Å². The topological polar surface area (TPSA) is 42.0 Å². The van der Waals surface area contributed by atoms with Crippen molar-refractivity contribution in [2.45, 2.75) is 50.7 Å². The van der Waals surface area contributed by atoms with Crippen LogP contribution in [0.4, 0.5) is 0 Å². The van der Waals surface area contributed by atoms with Gasteiger partial charge in [-0.05, 0) is 45.1 Å². The molecule has 0 aromatic heterocycles. The molecular formula is C17H30N2O3. The van der Waals surface area contributed by atoms with E-state index in [4.69, 9.17) is 9.47 Å². The molecule has 5 heteroatoms. The molecule has 3 aliphatic rings. The summed E-state index contributed by atoms with van der Waals surface area (Å²) >= 11 is 0. The van der Waals surface area contributed by atoms with Gasteiger partial charge in [0.1, 0.15) is 0 Å². The van der Waals surface area contributed by atoms with E-state index < -0.39 is 0 Å². The minimum absolute atomic E-state index is 0.139. The number of hydrogen-bond donors (Lipinski definition) is 0. The lowest BCUT2D eigenvalue weighted by molar-refractivity contribution is -0.143. The number of nitrogens with zero attached hydrogens (tertiary/aromatic N) is 2. The molecule has 2 heterocycles. The Morgan fingerprint density at radius 2 is 1.91 bits per heavy atom. The molecule has 2 atom stereocenters. The van der Waals surface area contributed by atoms with Gasteiger partial charge < -0.3 is 19.3 Å². The predicted molar refractivity (Wildman–Crippen MR) is 84.7 cm³/mol. The molecule has 2 aliphatic heterocycles. The van der Waals surface area contributed by atoms with Crippen LogP contribution in [0, 0.1) is 5.92 Å². The quantitative estimate of drug-likeness (QED) is 0.746. The van der Waals surface area contributed by atoms with Crippen molar-refractivity contribution in [2.24, 2.45) is 5.92 Å². The number of hydrogen-bond acceptors (Lipinski definition) is 4. The molecule has 5 nitrogen and oxygen atoms in total. The molecule has 1 amide bonds. The van der Waals surface area contributed by atoms with Crippen LogP contribution in [-0.4, -0.2) is 74.4 Å². The molecule has 0 unspecified atom stereocenters. The van der Waals surface area contributed by atoms with Gasteiger partial charge >= 0.3 is 0 Å². The first-order valence-electron chi connectivity index (χ1n) is 8.90. The summed E-state index contributed by atoms with van der Waals surface area (Å²) in [5.41, 5.74) is 0. The summed E-state index contributed by atoms with van der Waals surface area (Å²) in [6, 6.07) is 0. The van der Waals surface area contributed by atoms with Crippen LogP contribution >= 0.6 is 0 Å². The maximum atomic E-state index is 12.5. The molecule has 2 saturated heterocycles. The zero-order valence-electron chi connectivity index (χ0n) is 13.8. The summed E-state index contributed by atoms with van der Waals surface area (Å²) in [5, 5.41) is 0. The van der Waals surface area contributed by atoms with Crippen molar-refractivity contribution in [1.29, 1.82) is 0 Å². The van der Waals surface area contributed by atoms with Crippen LogP contribution in [0.15, 0.2) is 0 Å². The lowest BCUT2D eigenvalue weighted by atomic mass is 10.1. The highest BCUT2D eigenvalue weighted by Crippen LogP contribution is 2.29. The van der Waals surface area contributed by atoms with Gasteiger partial charge in [0.15, 0.2) is 0 Å². The van der Waals surface area contributed by atoms with E-state index in [-0.39, 0.29) is 18.1 Å². The molecule has 3 fully saturated rings. The van der Waals surface area contributed by atoms with Gasteiger partial charge in [-0.25, -0.2) is 0 Å². The first-order chi connectivity index (χ1) is 10.7. The standard InChI is InChI=1S/C17H30N2O3/c1-18(11-14-5-6-14)12-16-13-19(7-9-22-16)17(20)10-15-4-2-3-8-21-15/h14-16H,2-13H2,1H3/t15-,16-/m0/s1. The highest BCUT2D eigenvalue weighted by Gasteiger charge is 2.29. The Balaban J connectivity index is 1.41. The normalized spacial score (nSPS) is 29.8. The van der Waals surface area contributed by atoms with Crippen LogP contribution < -0.4 is 0 Å². The van der Waals surface area contributed by atoms with E-state index in [0.717, 1.165) is 45.0 Å². The van der Waals surface area contributed by atoms with Gasteiger partial charge in [-0.2, -0.15) is 0 Å². The number of likely N-dealkylation sites (N-methyl/N-ethyl adjacent to an activating group) is 1. The zero-order chi connectivity index (χ0) is 15.4. The van der Waals surface area contributed by atoms with Crippen LogP contribution in [0.5, 0.6) is 0 Å². The smallest absolute Gasteiger partial charge is 0.225 e. The zero-order valence-corrected chi connectivity index (χ0v) is 13.8. The average Bonchev–Trinajstić information content (AvgIpc) is 3.32. The number of carbonyl (C=O) groups excluding carboxylic acids is 1. The van der Waals surface area contributed by atoms with Crippen molar-refractivity contribution >= 4 is 5.91 Å². The number of amides is 1. The second-order valence-electron chi connectivity index (χ2n) is 7.19. The SMILES string of the molecule is CN(CC1CC1)C[C@H]1CN(C(=O)C[C@@H]2CCCCO2)CCO1. The second kappa shape index (κ2) is 7.75. The van der Waals surface area contributed by atoms with Crippen molar-refractivity contribution < 1.29 is 14.3 Å². The summed E-state index contributed by atoms with van der Waals surface area (Å²) in [5.74, 6) is 1.14. The second-order valence-corrected chi connectivity index (χ2v) is 7.19. The van der Waals surface area contributed by atoms with Gasteiger partial charge in [-0.3, -0.25) is 4.79 Å². The van der Waals surface area contributed by atoms with E-state index >= 15 is 0 Å². The van der Waals surface area contributed by atoms with Gasteiger partial charge in [0.25, 0.3) is 0 Å². The maximum Gasteiger partial charge on any atom is 0.225 e. The molecular weight excluding hydrogens is 280 g/mol. The van der Waals surface area contributed by atoms with Crippen LogP contribution in [-0.2, 0) is 14.3 Å². The number of carbonyl (C=O) groups is 1. The Morgan fingerprint density at radius 3 is 2.64 bits per heavy atom. The Bertz CT molecular complexity index is 367. The summed E-state index contributed by atoms with van der Waals surface area (Å²) in [7, 11) is 2.16. The first kappa shape index (κ1) is 16.2. The lowest BCUT2D eigenvalue weighted by Crippen LogP contribution is -2.50. The molecule has 0 spiro atoms. The molecule has 0 radical (unpaired) electrons. The Morgan fingerprint density at radius 1 is 1.09 bits per heavy atom. The van der Waals surface area contributed by atoms with E-state index in [1.54, 1.807) is 0 Å². The van der Waals surface area contributed by atoms with Gasteiger partial charge in [-0.1, -0.05) is 0 Å². The highest BCUT2D eigenvalue weighted by atomic mass is 16.5. The molecule has 0 N–H and O–H groups in total.